The van der Waals surface area contributed by atoms with Gasteiger partial charge in [0.15, 0.2) is 5.78 Å². The summed E-state index contributed by atoms with van der Waals surface area (Å²) in [6.45, 7) is 2.03. The van der Waals surface area contributed by atoms with Gasteiger partial charge in [0.05, 0.1) is 15.7 Å². The molecule has 0 radical (unpaired) electrons. The Morgan fingerprint density at radius 2 is 1.96 bits per heavy atom. The molecular formula is C17H15N3O4S2. The number of carbonyl (C=O) groups excluding carboxylic acids is 1. The van der Waals surface area contributed by atoms with E-state index in [-0.39, 0.29) is 16.6 Å². The van der Waals surface area contributed by atoms with Crippen molar-refractivity contribution in [2.45, 2.75) is 17.7 Å². The zero-order chi connectivity index (χ0) is 18.3. The van der Waals surface area contributed by atoms with Gasteiger partial charge in [0.25, 0.3) is 0 Å². The molecule has 1 aliphatic heterocycles. The Balaban J connectivity index is 1.46. The molecule has 26 heavy (non-hydrogen) atoms. The van der Waals surface area contributed by atoms with Crippen LogP contribution < -0.4 is 0 Å². The topological polar surface area (TPSA) is 93.4 Å². The summed E-state index contributed by atoms with van der Waals surface area (Å²) >= 11 is 1.52. The maximum atomic E-state index is 12.6. The van der Waals surface area contributed by atoms with Crippen molar-refractivity contribution in [3.8, 4) is 10.7 Å². The first-order valence-corrected chi connectivity index (χ1v) is 10.3. The van der Waals surface area contributed by atoms with Crippen LogP contribution in [0.25, 0.3) is 10.7 Å². The molecule has 1 aromatic carbocycles. The van der Waals surface area contributed by atoms with Crippen molar-refractivity contribution in [3.05, 3.63) is 53.2 Å². The number of hydrogen-bond donors (Lipinski definition) is 0. The van der Waals surface area contributed by atoms with Gasteiger partial charge in [-0.25, -0.2) is 8.42 Å². The van der Waals surface area contributed by atoms with E-state index >= 15 is 0 Å². The summed E-state index contributed by atoms with van der Waals surface area (Å²) in [6.07, 6.45) is 0. The summed E-state index contributed by atoms with van der Waals surface area (Å²) in [7, 11) is -3.59. The molecule has 0 saturated carbocycles. The van der Waals surface area contributed by atoms with Gasteiger partial charge < -0.3 is 4.52 Å². The lowest BCUT2D eigenvalue weighted by Crippen LogP contribution is -2.48. The summed E-state index contributed by atoms with van der Waals surface area (Å²) in [4.78, 5) is 16.8. The number of thiophene rings is 1. The van der Waals surface area contributed by atoms with E-state index < -0.39 is 10.0 Å². The van der Waals surface area contributed by atoms with Crippen molar-refractivity contribution in [2.75, 3.05) is 13.1 Å². The molecule has 3 heterocycles. The number of nitrogens with zero attached hydrogens (tertiary/aromatic N) is 3. The lowest BCUT2D eigenvalue weighted by molar-refractivity contribution is 0.101. The lowest BCUT2D eigenvalue weighted by atomic mass is 10.0. The molecule has 0 spiro atoms. The van der Waals surface area contributed by atoms with E-state index in [0.717, 1.165) is 4.88 Å². The third kappa shape index (κ3) is 2.98. The standard InChI is InChI=1S/C17H15N3O4S2/c1-11(21)12-4-6-14(7-5-12)26(22,23)20-9-13(10-20)17-18-16(19-24-17)15-3-2-8-25-15/h2-8,13H,9-10H2,1H3. The van der Waals surface area contributed by atoms with Gasteiger partial charge in [0, 0.05) is 18.7 Å². The molecular weight excluding hydrogens is 374 g/mol. The van der Waals surface area contributed by atoms with Gasteiger partial charge in [-0.05, 0) is 30.5 Å². The van der Waals surface area contributed by atoms with Crippen LogP contribution >= 0.6 is 11.3 Å². The molecule has 0 amide bonds. The van der Waals surface area contributed by atoms with Crippen LogP contribution in [-0.2, 0) is 10.0 Å². The van der Waals surface area contributed by atoms with Crippen molar-refractivity contribution in [2.24, 2.45) is 0 Å². The Morgan fingerprint density at radius 3 is 2.58 bits per heavy atom. The van der Waals surface area contributed by atoms with Crippen LogP contribution in [0.2, 0.25) is 0 Å². The highest BCUT2D eigenvalue weighted by atomic mass is 32.2. The number of sulfonamides is 1. The summed E-state index contributed by atoms with van der Waals surface area (Å²) < 4.78 is 31.9. The van der Waals surface area contributed by atoms with E-state index in [1.54, 1.807) is 0 Å². The average molecular weight is 389 g/mol. The summed E-state index contributed by atoms with van der Waals surface area (Å²) in [6, 6.07) is 9.78. The van der Waals surface area contributed by atoms with Crippen molar-refractivity contribution >= 4 is 27.1 Å². The SMILES string of the molecule is CC(=O)c1ccc(S(=O)(=O)N2CC(c3nc(-c4cccs4)no3)C2)cc1. The first-order chi connectivity index (χ1) is 12.4. The lowest BCUT2D eigenvalue weighted by Gasteiger charge is -2.35. The van der Waals surface area contributed by atoms with E-state index in [0.29, 0.717) is 30.4 Å². The predicted molar refractivity (Wildman–Crippen MR) is 95.6 cm³/mol. The van der Waals surface area contributed by atoms with Crippen molar-refractivity contribution in [1.82, 2.24) is 14.4 Å². The van der Waals surface area contributed by atoms with E-state index in [2.05, 4.69) is 10.1 Å². The number of aromatic nitrogens is 2. The summed E-state index contributed by atoms with van der Waals surface area (Å²) in [5.74, 6) is 0.765. The molecule has 0 N–H and O–H groups in total. The number of ketones is 1. The molecule has 9 heteroatoms. The second kappa shape index (κ2) is 6.42. The highest BCUT2D eigenvalue weighted by Gasteiger charge is 2.40. The van der Waals surface area contributed by atoms with Gasteiger partial charge in [-0.3, -0.25) is 4.79 Å². The Bertz CT molecular complexity index is 1030. The quantitative estimate of drug-likeness (QED) is 0.623. The first-order valence-electron chi connectivity index (χ1n) is 7.94. The summed E-state index contributed by atoms with van der Waals surface area (Å²) in [5.41, 5.74) is 0.484. The smallest absolute Gasteiger partial charge is 0.243 e. The van der Waals surface area contributed by atoms with Crippen LogP contribution in [0.4, 0.5) is 0 Å². The Kier molecular flexibility index (Phi) is 4.22. The van der Waals surface area contributed by atoms with Crippen molar-refractivity contribution < 1.29 is 17.7 Å². The van der Waals surface area contributed by atoms with Crippen molar-refractivity contribution in [3.63, 3.8) is 0 Å². The minimum Gasteiger partial charge on any atom is -0.339 e. The summed E-state index contributed by atoms with van der Waals surface area (Å²) in [5, 5.41) is 5.89. The highest BCUT2D eigenvalue weighted by molar-refractivity contribution is 7.89. The van der Waals surface area contributed by atoms with E-state index in [9.17, 15) is 13.2 Å². The van der Waals surface area contributed by atoms with Crippen LogP contribution in [0.5, 0.6) is 0 Å². The molecule has 134 valence electrons. The molecule has 0 bridgehead atoms. The average Bonchev–Trinajstić information content (AvgIpc) is 3.24. The third-order valence-corrected chi connectivity index (χ3v) is 6.99. The van der Waals surface area contributed by atoms with E-state index in [1.807, 2.05) is 17.5 Å². The molecule has 7 nitrogen and oxygen atoms in total. The fraction of sp³-hybridized carbons (Fsp3) is 0.235. The molecule has 1 aliphatic rings. The molecule has 1 saturated heterocycles. The zero-order valence-electron chi connectivity index (χ0n) is 13.8. The van der Waals surface area contributed by atoms with Crippen LogP contribution in [0.15, 0.2) is 51.2 Å². The zero-order valence-corrected chi connectivity index (χ0v) is 15.5. The molecule has 0 aliphatic carbocycles. The van der Waals surface area contributed by atoms with Gasteiger partial charge in [-0.15, -0.1) is 11.3 Å². The monoisotopic (exact) mass is 389 g/mol. The van der Waals surface area contributed by atoms with Crippen LogP contribution in [0, 0.1) is 0 Å². The van der Waals surface area contributed by atoms with Gasteiger partial charge in [0.2, 0.25) is 21.7 Å². The van der Waals surface area contributed by atoms with Crippen LogP contribution in [0.1, 0.15) is 29.1 Å². The highest BCUT2D eigenvalue weighted by Crippen LogP contribution is 2.32. The van der Waals surface area contributed by atoms with Crippen LogP contribution in [0.3, 0.4) is 0 Å². The number of carbonyl (C=O) groups is 1. The minimum atomic E-state index is -3.59. The normalized spacial score (nSPS) is 15.7. The second-order valence-corrected chi connectivity index (χ2v) is 8.92. The molecule has 3 aromatic rings. The maximum absolute atomic E-state index is 12.6. The Labute approximate surface area is 154 Å². The number of benzene rings is 1. The predicted octanol–water partition coefficient (Wildman–Crippen LogP) is 2.79. The third-order valence-electron chi connectivity index (χ3n) is 4.28. The van der Waals surface area contributed by atoms with Gasteiger partial charge in [0.1, 0.15) is 0 Å². The van der Waals surface area contributed by atoms with Crippen LogP contribution in [-0.4, -0.2) is 41.7 Å². The largest absolute Gasteiger partial charge is 0.339 e. The van der Waals surface area contributed by atoms with Crippen molar-refractivity contribution in [1.29, 1.82) is 0 Å². The molecule has 0 unspecified atom stereocenters. The van der Waals surface area contributed by atoms with Gasteiger partial charge in [-0.1, -0.05) is 23.4 Å². The molecule has 1 fully saturated rings. The van der Waals surface area contributed by atoms with Gasteiger partial charge in [-0.2, -0.15) is 9.29 Å². The fourth-order valence-electron chi connectivity index (χ4n) is 2.71. The molecule has 2 aromatic heterocycles. The van der Waals surface area contributed by atoms with Gasteiger partial charge >= 0.3 is 0 Å². The van der Waals surface area contributed by atoms with E-state index in [4.69, 9.17) is 4.52 Å². The minimum absolute atomic E-state index is 0.101. The molecule has 4 rings (SSSR count). The Morgan fingerprint density at radius 1 is 1.23 bits per heavy atom. The second-order valence-electron chi connectivity index (χ2n) is 6.03. The van der Waals surface area contributed by atoms with E-state index in [1.165, 1.54) is 46.8 Å². The number of Topliss-reactive ketones (excluding diaryl/α,β-unsaturated/α-hetero) is 1. The number of rotatable bonds is 5. The fourth-order valence-corrected chi connectivity index (χ4v) is 4.89. The number of hydrogen-bond acceptors (Lipinski definition) is 7. The Hall–Kier alpha value is -2.36. The first kappa shape index (κ1) is 17.1. The molecule has 0 atom stereocenters. The maximum Gasteiger partial charge on any atom is 0.243 e.